The Hall–Kier alpha value is -1.86. The van der Waals surface area contributed by atoms with Gasteiger partial charge >= 0.3 is 16.4 Å². The minimum atomic E-state index is -4.88. The highest BCUT2D eigenvalue weighted by Crippen LogP contribution is 2.42. The molecule has 0 unspecified atom stereocenters. The number of urea groups is 1. The minimum absolute atomic E-state index is 0.0230. The summed E-state index contributed by atoms with van der Waals surface area (Å²) in [6.45, 7) is -0.387. The van der Waals surface area contributed by atoms with E-state index in [0.717, 1.165) is 4.90 Å². The standard InChI is InChI=1S/C13H17F2N3O7S/c14-13(15)3-7(4-13)10(19)5-16-11(20)9-2-1-8-6-17(9)12(21)18(8)25-26(22,23)24/h7-9H,1-6H2,(H,16,20)(H,22,23,24)/t8-,9+/m1/s1. The summed E-state index contributed by atoms with van der Waals surface area (Å²) in [6, 6.07) is -2.47. The number of nitrogens with zero attached hydrogens (tertiary/aromatic N) is 2. The first-order valence-corrected chi connectivity index (χ1v) is 9.28. The molecule has 1 aliphatic carbocycles. The summed E-state index contributed by atoms with van der Waals surface area (Å²) < 4.78 is 60.1. The molecule has 13 heteroatoms. The summed E-state index contributed by atoms with van der Waals surface area (Å²) >= 11 is 0. The van der Waals surface area contributed by atoms with Gasteiger partial charge in [0.05, 0.1) is 12.6 Å². The van der Waals surface area contributed by atoms with E-state index in [9.17, 15) is 31.6 Å². The van der Waals surface area contributed by atoms with Crippen molar-refractivity contribution in [2.24, 2.45) is 5.92 Å². The molecule has 2 N–H and O–H groups in total. The number of amides is 3. The first-order chi connectivity index (χ1) is 12.0. The number of nitrogens with one attached hydrogen (secondary N) is 1. The van der Waals surface area contributed by atoms with Gasteiger partial charge in [0.25, 0.3) is 0 Å². The predicted octanol–water partition coefficient (Wildman–Crippen LogP) is -0.280. The number of carbonyl (C=O) groups is 3. The Labute approximate surface area is 147 Å². The fraction of sp³-hybridized carbons (Fsp3) is 0.769. The highest BCUT2D eigenvalue weighted by Gasteiger charge is 2.50. The Morgan fingerprint density at radius 3 is 2.54 bits per heavy atom. The molecule has 2 aliphatic heterocycles. The van der Waals surface area contributed by atoms with E-state index in [1.54, 1.807) is 0 Å². The quantitative estimate of drug-likeness (QED) is 0.589. The Morgan fingerprint density at radius 2 is 1.96 bits per heavy atom. The highest BCUT2D eigenvalue weighted by atomic mass is 32.3. The Bertz CT molecular complexity index is 736. The predicted molar refractivity (Wildman–Crippen MR) is 79.1 cm³/mol. The number of alkyl halides is 2. The third kappa shape index (κ3) is 3.78. The van der Waals surface area contributed by atoms with Gasteiger partial charge < -0.3 is 10.2 Å². The maximum absolute atomic E-state index is 12.8. The number of halogens is 2. The second kappa shape index (κ2) is 6.39. The van der Waals surface area contributed by atoms with Crippen LogP contribution in [0.3, 0.4) is 0 Å². The van der Waals surface area contributed by atoms with Gasteiger partial charge in [-0.15, -0.1) is 4.28 Å². The van der Waals surface area contributed by atoms with Crippen LogP contribution < -0.4 is 5.32 Å². The minimum Gasteiger partial charge on any atom is -0.347 e. The third-order valence-corrected chi connectivity index (χ3v) is 5.13. The molecule has 1 saturated carbocycles. The van der Waals surface area contributed by atoms with E-state index in [1.165, 1.54) is 0 Å². The summed E-state index contributed by atoms with van der Waals surface area (Å²) in [5, 5.41) is 2.85. The van der Waals surface area contributed by atoms with E-state index in [2.05, 4.69) is 9.60 Å². The maximum atomic E-state index is 12.8. The van der Waals surface area contributed by atoms with Crippen LogP contribution in [0.4, 0.5) is 13.6 Å². The van der Waals surface area contributed by atoms with Gasteiger partial charge in [-0.05, 0) is 12.8 Å². The topological polar surface area (TPSA) is 133 Å². The molecule has 3 rings (SSSR count). The van der Waals surface area contributed by atoms with Gasteiger partial charge in [-0.25, -0.2) is 13.6 Å². The number of piperidine rings is 1. The molecule has 2 saturated heterocycles. The molecule has 2 bridgehead atoms. The molecule has 0 spiro atoms. The first kappa shape index (κ1) is 18.9. The number of ketones is 1. The molecule has 0 aromatic carbocycles. The van der Waals surface area contributed by atoms with Crippen molar-refractivity contribution in [3.8, 4) is 0 Å². The summed E-state index contributed by atoms with van der Waals surface area (Å²) in [4.78, 5) is 37.3. The lowest BCUT2D eigenvalue weighted by atomic mass is 9.78. The second-order valence-electron chi connectivity index (χ2n) is 6.66. The Kier molecular flexibility index (Phi) is 4.65. The average Bonchev–Trinajstić information content (AvgIpc) is 2.73. The third-order valence-electron chi connectivity index (χ3n) is 4.78. The van der Waals surface area contributed by atoms with Crippen LogP contribution in [0.25, 0.3) is 0 Å². The van der Waals surface area contributed by atoms with Gasteiger partial charge in [0.1, 0.15) is 6.04 Å². The number of rotatable bonds is 6. The molecule has 26 heavy (non-hydrogen) atoms. The zero-order valence-electron chi connectivity index (χ0n) is 13.4. The normalized spacial score (nSPS) is 28.0. The average molecular weight is 397 g/mol. The van der Waals surface area contributed by atoms with Crippen LogP contribution in [0.1, 0.15) is 25.7 Å². The van der Waals surface area contributed by atoms with Gasteiger partial charge in [-0.2, -0.15) is 13.5 Å². The number of hydrogen-bond acceptors (Lipinski definition) is 6. The van der Waals surface area contributed by atoms with Crippen LogP contribution in [0.2, 0.25) is 0 Å². The summed E-state index contributed by atoms with van der Waals surface area (Å²) in [5.41, 5.74) is 0. The van der Waals surface area contributed by atoms with Crippen LogP contribution >= 0.6 is 0 Å². The van der Waals surface area contributed by atoms with Crippen molar-refractivity contribution in [1.29, 1.82) is 0 Å². The smallest absolute Gasteiger partial charge is 0.347 e. The molecular formula is C13H17F2N3O7S. The van der Waals surface area contributed by atoms with Gasteiger partial charge in [0.2, 0.25) is 11.8 Å². The molecule has 0 aromatic heterocycles. The second-order valence-corrected chi connectivity index (χ2v) is 7.66. The fourth-order valence-corrected chi connectivity index (χ4v) is 3.82. The summed E-state index contributed by atoms with van der Waals surface area (Å²) in [6.07, 6.45) is -0.610. The Morgan fingerprint density at radius 1 is 1.31 bits per heavy atom. The summed E-state index contributed by atoms with van der Waals surface area (Å²) in [7, 11) is -4.88. The molecule has 2 heterocycles. The van der Waals surface area contributed by atoms with E-state index >= 15 is 0 Å². The van der Waals surface area contributed by atoms with Gasteiger partial charge in [-0.1, -0.05) is 0 Å². The van der Waals surface area contributed by atoms with Gasteiger partial charge in [0.15, 0.2) is 5.78 Å². The lowest BCUT2D eigenvalue weighted by molar-refractivity contribution is -0.148. The van der Waals surface area contributed by atoms with E-state index in [4.69, 9.17) is 4.55 Å². The molecule has 146 valence electrons. The van der Waals surface area contributed by atoms with Crippen molar-refractivity contribution in [3.05, 3.63) is 0 Å². The number of carbonyl (C=O) groups excluding carboxylic acids is 3. The van der Waals surface area contributed by atoms with Crippen LogP contribution in [0.5, 0.6) is 0 Å². The Balaban J connectivity index is 1.55. The molecule has 3 aliphatic rings. The zero-order chi connectivity index (χ0) is 19.3. The SMILES string of the molecule is O=C(CNC(=O)[C@@H]1CC[C@@H]2CN1C(=O)N2OS(=O)(=O)O)C1CC(F)(F)C1. The number of hydrogen-bond donors (Lipinski definition) is 2. The lowest BCUT2D eigenvalue weighted by Crippen LogP contribution is -2.51. The highest BCUT2D eigenvalue weighted by molar-refractivity contribution is 7.80. The maximum Gasteiger partial charge on any atom is 0.418 e. The van der Waals surface area contributed by atoms with Crippen molar-refractivity contribution in [2.75, 3.05) is 13.1 Å². The van der Waals surface area contributed by atoms with Gasteiger partial charge in [-0.3, -0.25) is 14.1 Å². The fourth-order valence-electron chi connectivity index (χ4n) is 3.43. The van der Waals surface area contributed by atoms with Gasteiger partial charge in [0, 0.05) is 25.3 Å². The van der Waals surface area contributed by atoms with Crippen LogP contribution in [0.15, 0.2) is 0 Å². The van der Waals surface area contributed by atoms with E-state index in [-0.39, 0.29) is 19.4 Å². The van der Waals surface area contributed by atoms with E-state index in [1.807, 2.05) is 0 Å². The van der Waals surface area contributed by atoms with Crippen molar-refractivity contribution < 1.29 is 40.4 Å². The van der Waals surface area contributed by atoms with Crippen LogP contribution in [0, 0.1) is 5.92 Å². The molecule has 0 aromatic rings. The molecule has 0 radical (unpaired) electrons. The first-order valence-electron chi connectivity index (χ1n) is 7.92. The van der Waals surface area contributed by atoms with Crippen LogP contribution in [-0.2, 0) is 24.3 Å². The molecular weight excluding hydrogens is 380 g/mol. The molecule has 10 nitrogen and oxygen atoms in total. The monoisotopic (exact) mass is 397 g/mol. The molecule has 3 fully saturated rings. The number of fused-ring (bicyclic) bond motifs is 2. The van der Waals surface area contributed by atoms with Crippen LogP contribution in [-0.4, -0.2) is 71.8 Å². The van der Waals surface area contributed by atoms with Crippen molar-refractivity contribution in [3.63, 3.8) is 0 Å². The largest absolute Gasteiger partial charge is 0.418 e. The van der Waals surface area contributed by atoms with E-state index in [0.29, 0.717) is 5.06 Å². The van der Waals surface area contributed by atoms with Crippen molar-refractivity contribution >= 4 is 28.1 Å². The zero-order valence-corrected chi connectivity index (χ0v) is 14.2. The van der Waals surface area contributed by atoms with Crippen molar-refractivity contribution in [1.82, 2.24) is 15.3 Å². The van der Waals surface area contributed by atoms with Crippen molar-refractivity contribution in [2.45, 2.75) is 43.7 Å². The summed E-state index contributed by atoms with van der Waals surface area (Å²) in [5.74, 6) is -4.75. The lowest BCUT2D eigenvalue weighted by Gasteiger charge is -2.34. The molecule has 3 amide bonds. The number of hydroxylamine groups is 2. The number of Topliss-reactive ketones (excluding diaryl/α,β-unsaturated/α-hetero) is 1. The molecule has 2 atom stereocenters. The van der Waals surface area contributed by atoms with E-state index < -0.39 is 71.4 Å².